The van der Waals surface area contributed by atoms with E-state index >= 15 is 0 Å². The number of rotatable bonds is 7. The molecule has 2 rings (SSSR count). The van der Waals surface area contributed by atoms with Crippen molar-refractivity contribution in [3.8, 4) is 0 Å². The van der Waals surface area contributed by atoms with Crippen molar-refractivity contribution in [1.29, 1.82) is 0 Å². The zero-order valence-electron chi connectivity index (χ0n) is 13.2. The van der Waals surface area contributed by atoms with Crippen LogP contribution in [0.15, 0.2) is 47.4 Å². The zero-order chi connectivity index (χ0) is 18.4. The first-order chi connectivity index (χ1) is 11.8. The molecule has 0 aromatic heterocycles. The Balaban J connectivity index is 1.87. The molecule has 134 valence electrons. The Bertz CT molecular complexity index is 853. The molecule has 0 saturated heterocycles. The fourth-order valence-electron chi connectivity index (χ4n) is 2.14. The molecule has 8 heteroatoms. The Morgan fingerprint density at radius 1 is 1.16 bits per heavy atom. The van der Waals surface area contributed by atoms with Crippen LogP contribution in [0.2, 0.25) is 5.02 Å². The predicted octanol–water partition coefficient (Wildman–Crippen LogP) is 2.57. The summed E-state index contributed by atoms with van der Waals surface area (Å²) in [5.41, 5.74) is 0.209. The maximum Gasteiger partial charge on any atom is 0.251 e. The summed E-state index contributed by atoms with van der Waals surface area (Å²) < 4.78 is 37.8. The molecule has 2 aromatic rings. The number of hydrogen-bond acceptors (Lipinski definition) is 4. The molecule has 5 nitrogen and oxygen atoms in total. The normalized spacial score (nSPS) is 11.3. The molecular weight excluding hydrogens is 369 g/mol. The SMILES string of the molecule is O=C(NCCCS(=O)(=O)c1ccc(Cl)cc1)c1ccc(CO)c(F)c1. The maximum atomic E-state index is 13.5. The van der Waals surface area contributed by atoms with E-state index in [1.165, 1.54) is 36.4 Å². The van der Waals surface area contributed by atoms with Crippen LogP contribution in [0.5, 0.6) is 0 Å². The second-order valence-corrected chi connectivity index (χ2v) is 7.89. The first kappa shape index (κ1) is 19.4. The third kappa shape index (κ3) is 5.26. The van der Waals surface area contributed by atoms with Gasteiger partial charge >= 0.3 is 0 Å². The molecule has 0 fully saturated rings. The molecule has 0 saturated carbocycles. The molecule has 0 spiro atoms. The lowest BCUT2D eigenvalue weighted by Gasteiger charge is -2.08. The van der Waals surface area contributed by atoms with Gasteiger partial charge in [0.25, 0.3) is 5.91 Å². The van der Waals surface area contributed by atoms with E-state index in [1.54, 1.807) is 0 Å². The van der Waals surface area contributed by atoms with E-state index in [-0.39, 0.29) is 34.7 Å². The number of aliphatic hydroxyl groups is 1. The predicted molar refractivity (Wildman–Crippen MR) is 92.8 cm³/mol. The monoisotopic (exact) mass is 385 g/mol. The van der Waals surface area contributed by atoms with Gasteiger partial charge in [0.1, 0.15) is 5.82 Å². The first-order valence-electron chi connectivity index (χ1n) is 7.49. The largest absolute Gasteiger partial charge is 0.392 e. The number of halogens is 2. The minimum Gasteiger partial charge on any atom is -0.392 e. The van der Waals surface area contributed by atoms with Crippen LogP contribution in [0.3, 0.4) is 0 Å². The Morgan fingerprint density at radius 3 is 2.44 bits per heavy atom. The molecule has 1 amide bonds. The van der Waals surface area contributed by atoms with Crippen LogP contribution < -0.4 is 5.32 Å². The highest BCUT2D eigenvalue weighted by Crippen LogP contribution is 2.16. The lowest BCUT2D eigenvalue weighted by atomic mass is 10.1. The Kier molecular flexibility index (Phi) is 6.52. The van der Waals surface area contributed by atoms with Crippen LogP contribution in [-0.4, -0.2) is 31.7 Å². The molecular formula is C17H17ClFNO4S. The molecule has 25 heavy (non-hydrogen) atoms. The minimum absolute atomic E-state index is 0.102. The van der Waals surface area contributed by atoms with Crippen molar-refractivity contribution < 1.29 is 22.7 Å². The summed E-state index contributed by atoms with van der Waals surface area (Å²) in [5.74, 6) is -1.31. The number of aliphatic hydroxyl groups excluding tert-OH is 1. The summed E-state index contributed by atoms with van der Waals surface area (Å²) >= 11 is 5.73. The Labute approximate surface area is 150 Å². The number of hydrogen-bond donors (Lipinski definition) is 2. The molecule has 0 radical (unpaired) electrons. The standard InChI is InChI=1S/C17H17ClFNO4S/c18-14-4-6-15(7-5-14)25(23,24)9-1-8-20-17(22)12-2-3-13(11-21)16(19)10-12/h2-7,10,21H,1,8-9,11H2,(H,20,22). The Morgan fingerprint density at radius 2 is 1.84 bits per heavy atom. The molecule has 2 aromatic carbocycles. The van der Waals surface area contributed by atoms with Gasteiger partial charge in [-0.2, -0.15) is 0 Å². The molecule has 0 aliphatic rings. The van der Waals surface area contributed by atoms with E-state index in [9.17, 15) is 17.6 Å². The molecule has 2 N–H and O–H groups in total. The summed E-state index contributed by atoms with van der Waals surface area (Å²) in [4.78, 5) is 12.1. The summed E-state index contributed by atoms with van der Waals surface area (Å²) in [6.07, 6.45) is 0.216. The van der Waals surface area contributed by atoms with E-state index in [4.69, 9.17) is 16.7 Å². The molecule has 0 unspecified atom stereocenters. The van der Waals surface area contributed by atoms with E-state index in [2.05, 4.69) is 5.32 Å². The van der Waals surface area contributed by atoms with Gasteiger partial charge in [-0.1, -0.05) is 17.7 Å². The number of nitrogens with one attached hydrogen (secondary N) is 1. The lowest BCUT2D eigenvalue weighted by Crippen LogP contribution is -2.26. The fraction of sp³-hybridized carbons (Fsp3) is 0.235. The summed E-state index contributed by atoms with van der Waals surface area (Å²) in [6, 6.07) is 9.63. The first-order valence-corrected chi connectivity index (χ1v) is 9.52. The highest BCUT2D eigenvalue weighted by molar-refractivity contribution is 7.91. The van der Waals surface area contributed by atoms with Crippen molar-refractivity contribution in [2.45, 2.75) is 17.9 Å². The third-order valence-electron chi connectivity index (χ3n) is 3.53. The average Bonchev–Trinajstić information content (AvgIpc) is 2.59. The molecule has 0 bridgehead atoms. The van der Waals surface area contributed by atoms with Crippen LogP contribution in [0.25, 0.3) is 0 Å². The van der Waals surface area contributed by atoms with Crippen molar-refractivity contribution in [2.24, 2.45) is 0 Å². The maximum absolute atomic E-state index is 13.5. The molecule has 0 heterocycles. The summed E-state index contributed by atoms with van der Waals surface area (Å²) in [5, 5.41) is 11.9. The van der Waals surface area contributed by atoms with Crippen molar-refractivity contribution in [3.63, 3.8) is 0 Å². The molecule has 0 atom stereocenters. The van der Waals surface area contributed by atoms with Crippen LogP contribution in [0.1, 0.15) is 22.3 Å². The van der Waals surface area contributed by atoms with Crippen LogP contribution in [0, 0.1) is 5.82 Å². The van der Waals surface area contributed by atoms with E-state index in [0.717, 1.165) is 6.07 Å². The zero-order valence-corrected chi connectivity index (χ0v) is 14.8. The van der Waals surface area contributed by atoms with Gasteiger partial charge in [0.05, 0.1) is 17.3 Å². The van der Waals surface area contributed by atoms with Gasteiger partial charge in [0.15, 0.2) is 9.84 Å². The van der Waals surface area contributed by atoms with Gasteiger partial charge in [0, 0.05) is 22.7 Å². The highest BCUT2D eigenvalue weighted by Gasteiger charge is 2.14. The Hall–Kier alpha value is -1.96. The van der Waals surface area contributed by atoms with Gasteiger partial charge in [-0.05, 0) is 42.8 Å². The number of sulfone groups is 1. The second-order valence-electron chi connectivity index (χ2n) is 5.35. The number of carbonyl (C=O) groups excluding carboxylic acids is 1. The third-order valence-corrected chi connectivity index (χ3v) is 5.60. The van der Waals surface area contributed by atoms with Gasteiger partial charge < -0.3 is 10.4 Å². The smallest absolute Gasteiger partial charge is 0.251 e. The van der Waals surface area contributed by atoms with Crippen molar-refractivity contribution >= 4 is 27.3 Å². The fourth-order valence-corrected chi connectivity index (χ4v) is 3.58. The van der Waals surface area contributed by atoms with Gasteiger partial charge in [-0.3, -0.25) is 4.79 Å². The van der Waals surface area contributed by atoms with E-state index < -0.39 is 28.2 Å². The van der Waals surface area contributed by atoms with Crippen molar-refractivity contribution in [1.82, 2.24) is 5.32 Å². The van der Waals surface area contributed by atoms with Gasteiger partial charge in [-0.25, -0.2) is 12.8 Å². The highest BCUT2D eigenvalue weighted by atomic mass is 35.5. The van der Waals surface area contributed by atoms with Gasteiger partial charge in [-0.15, -0.1) is 0 Å². The second kappa shape index (κ2) is 8.42. The topological polar surface area (TPSA) is 83.5 Å². The van der Waals surface area contributed by atoms with E-state index in [1.807, 2.05) is 0 Å². The summed E-state index contributed by atoms with van der Waals surface area (Å²) in [7, 11) is -3.45. The van der Waals surface area contributed by atoms with Crippen molar-refractivity contribution in [3.05, 3.63) is 64.4 Å². The van der Waals surface area contributed by atoms with Crippen molar-refractivity contribution in [2.75, 3.05) is 12.3 Å². The number of benzene rings is 2. The average molecular weight is 386 g/mol. The molecule has 0 aliphatic carbocycles. The van der Waals surface area contributed by atoms with E-state index in [0.29, 0.717) is 5.02 Å². The number of carbonyl (C=O) groups is 1. The summed E-state index contributed by atoms with van der Waals surface area (Å²) in [6.45, 7) is -0.314. The van der Waals surface area contributed by atoms with Gasteiger partial charge in [0.2, 0.25) is 0 Å². The quantitative estimate of drug-likeness (QED) is 0.717. The lowest BCUT2D eigenvalue weighted by molar-refractivity contribution is 0.0953. The van der Waals surface area contributed by atoms with Crippen LogP contribution in [0.4, 0.5) is 4.39 Å². The minimum atomic E-state index is -3.45. The number of amides is 1. The van der Waals surface area contributed by atoms with Crippen LogP contribution >= 0.6 is 11.6 Å². The molecule has 0 aliphatic heterocycles. The van der Waals surface area contributed by atoms with Crippen LogP contribution in [-0.2, 0) is 16.4 Å².